The van der Waals surface area contributed by atoms with Gasteiger partial charge in [-0.1, -0.05) is 0 Å². The van der Waals surface area contributed by atoms with Crippen LogP contribution >= 0.6 is 0 Å². The van der Waals surface area contributed by atoms with Crippen LogP contribution in [0.4, 0.5) is 4.79 Å². The molecule has 0 saturated carbocycles. The second-order valence-electron chi connectivity index (χ2n) is 5.66. The van der Waals surface area contributed by atoms with Crippen molar-refractivity contribution in [1.82, 2.24) is 14.7 Å². The largest absolute Gasteiger partial charge is 0.480 e. The first kappa shape index (κ1) is 15.1. The number of piperazine rings is 1. The van der Waals surface area contributed by atoms with Crippen molar-refractivity contribution in [3.63, 3.8) is 0 Å². The summed E-state index contributed by atoms with van der Waals surface area (Å²) in [5, 5.41) is 9.00. The smallest absolute Gasteiger partial charge is 0.320 e. The molecule has 0 spiro atoms. The third kappa shape index (κ3) is 3.21. The topological polar surface area (TPSA) is 90.1 Å². The Morgan fingerprint density at radius 2 is 1.85 bits per heavy atom. The minimum Gasteiger partial charge on any atom is -0.480 e. The van der Waals surface area contributed by atoms with Crippen LogP contribution in [0.15, 0.2) is 0 Å². The van der Waals surface area contributed by atoms with Crippen molar-refractivity contribution in [2.24, 2.45) is 11.7 Å². The summed E-state index contributed by atoms with van der Waals surface area (Å²) in [7, 11) is 0. The van der Waals surface area contributed by atoms with Gasteiger partial charge in [0.25, 0.3) is 0 Å². The Labute approximate surface area is 119 Å². The van der Waals surface area contributed by atoms with Crippen molar-refractivity contribution >= 4 is 12.0 Å². The van der Waals surface area contributed by atoms with E-state index in [0.717, 1.165) is 19.5 Å². The van der Waals surface area contributed by atoms with Gasteiger partial charge < -0.3 is 20.6 Å². The number of carbonyl (C=O) groups is 2. The van der Waals surface area contributed by atoms with Gasteiger partial charge in [-0.25, -0.2) is 4.79 Å². The number of carboxylic acid groups (broad SMARTS) is 1. The molecular formula is C13H24N4O3. The highest BCUT2D eigenvalue weighted by Gasteiger charge is 2.32. The third-order valence-electron chi connectivity index (χ3n) is 4.38. The lowest BCUT2D eigenvalue weighted by atomic mass is 10.1. The summed E-state index contributed by atoms with van der Waals surface area (Å²) in [5.41, 5.74) is 5.64. The molecule has 3 N–H and O–H groups in total. The van der Waals surface area contributed by atoms with E-state index in [4.69, 9.17) is 10.8 Å². The molecule has 2 amide bonds. The van der Waals surface area contributed by atoms with Gasteiger partial charge in [-0.15, -0.1) is 0 Å². The molecule has 0 aromatic heterocycles. The Balaban J connectivity index is 1.82. The van der Waals surface area contributed by atoms with Crippen LogP contribution in [0.5, 0.6) is 0 Å². The van der Waals surface area contributed by atoms with Gasteiger partial charge in [0.05, 0.1) is 0 Å². The molecule has 2 aliphatic heterocycles. The Kier molecular flexibility index (Phi) is 4.82. The number of rotatable bonds is 3. The van der Waals surface area contributed by atoms with Gasteiger partial charge in [0.2, 0.25) is 0 Å². The Morgan fingerprint density at radius 3 is 2.35 bits per heavy atom. The highest BCUT2D eigenvalue weighted by molar-refractivity contribution is 5.75. The molecule has 114 valence electrons. The highest BCUT2D eigenvalue weighted by Crippen LogP contribution is 2.17. The SMILES string of the molecule is CC(C(=O)O)N1CCN(C(=O)N2CCC(CN)C2)CC1. The zero-order chi connectivity index (χ0) is 14.7. The summed E-state index contributed by atoms with van der Waals surface area (Å²) in [6.45, 7) is 6.29. The Bertz CT molecular complexity index is 369. The van der Waals surface area contributed by atoms with Crippen molar-refractivity contribution in [1.29, 1.82) is 0 Å². The van der Waals surface area contributed by atoms with E-state index in [1.807, 2.05) is 14.7 Å². The van der Waals surface area contributed by atoms with E-state index in [9.17, 15) is 9.59 Å². The molecule has 0 aromatic carbocycles. The number of urea groups is 1. The fourth-order valence-electron chi connectivity index (χ4n) is 2.86. The Hall–Kier alpha value is -1.34. The van der Waals surface area contributed by atoms with E-state index < -0.39 is 12.0 Å². The summed E-state index contributed by atoms with van der Waals surface area (Å²) in [4.78, 5) is 28.9. The maximum absolute atomic E-state index is 12.3. The summed E-state index contributed by atoms with van der Waals surface area (Å²) in [6, 6.07) is -0.413. The quantitative estimate of drug-likeness (QED) is 0.727. The molecule has 2 atom stereocenters. The summed E-state index contributed by atoms with van der Waals surface area (Å²) >= 11 is 0. The maximum Gasteiger partial charge on any atom is 0.320 e. The van der Waals surface area contributed by atoms with E-state index in [1.54, 1.807) is 6.92 Å². The first-order chi connectivity index (χ1) is 9.52. The molecule has 2 heterocycles. The molecule has 0 aliphatic carbocycles. The van der Waals surface area contributed by atoms with Gasteiger partial charge in [-0.3, -0.25) is 9.69 Å². The van der Waals surface area contributed by atoms with E-state index >= 15 is 0 Å². The van der Waals surface area contributed by atoms with Crippen LogP contribution in [0.25, 0.3) is 0 Å². The monoisotopic (exact) mass is 284 g/mol. The average Bonchev–Trinajstić information content (AvgIpc) is 2.94. The van der Waals surface area contributed by atoms with E-state index in [1.165, 1.54) is 0 Å². The predicted molar refractivity (Wildman–Crippen MR) is 74.4 cm³/mol. The molecule has 0 aromatic rings. The lowest BCUT2D eigenvalue weighted by Gasteiger charge is -2.38. The van der Waals surface area contributed by atoms with Gasteiger partial charge in [-0.2, -0.15) is 0 Å². The molecule has 2 fully saturated rings. The molecule has 0 radical (unpaired) electrons. The summed E-state index contributed by atoms with van der Waals surface area (Å²) in [5.74, 6) is -0.387. The van der Waals surface area contributed by atoms with E-state index in [-0.39, 0.29) is 6.03 Å². The molecule has 0 bridgehead atoms. The fourth-order valence-corrected chi connectivity index (χ4v) is 2.86. The van der Waals surface area contributed by atoms with E-state index in [2.05, 4.69) is 0 Å². The lowest BCUT2D eigenvalue weighted by Crippen LogP contribution is -2.55. The number of hydrogen-bond donors (Lipinski definition) is 2. The molecule has 2 saturated heterocycles. The van der Waals surface area contributed by atoms with Gasteiger partial charge in [0.15, 0.2) is 0 Å². The molecule has 20 heavy (non-hydrogen) atoms. The zero-order valence-corrected chi connectivity index (χ0v) is 12.0. The fraction of sp³-hybridized carbons (Fsp3) is 0.846. The van der Waals surface area contributed by atoms with Crippen LogP contribution < -0.4 is 5.73 Å². The molecule has 2 unspecified atom stereocenters. The van der Waals surface area contributed by atoms with Gasteiger partial charge in [0.1, 0.15) is 6.04 Å². The minimum absolute atomic E-state index is 0.0728. The number of amides is 2. The van der Waals surface area contributed by atoms with Gasteiger partial charge >= 0.3 is 12.0 Å². The highest BCUT2D eigenvalue weighted by atomic mass is 16.4. The molecule has 7 nitrogen and oxygen atoms in total. The second kappa shape index (κ2) is 6.41. The number of nitrogens with two attached hydrogens (primary N) is 1. The van der Waals surface area contributed by atoms with Crippen LogP contribution in [-0.2, 0) is 4.79 Å². The number of nitrogens with zero attached hydrogens (tertiary/aromatic N) is 3. The predicted octanol–water partition coefficient (Wildman–Crippen LogP) is -0.522. The van der Waals surface area contributed by atoms with Crippen LogP contribution in [0, 0.1) is 5.92 Å². The number of hydrogen-bond acceptors (Lipinski definition) is 4. The third-order valence-corrected chi connectivity index (χ3v) is 4.38. The molecular weight excluding hydrogens is 260 g/mol. The van der Waals surface area contributed by atoms with Crippen LogP contribution in [-0.4, -0.2) is 83.7 Å². The van der Waals surface area contributed by atoms with Gasteiger partial charge in [-0.05, 0) is 25.8 Å². The van der Waals surface area contributed by atoms with Crippen molar-refractivity contribution in [2.45, 2.75) is 19.4 Å². The summed E-state index contributed by atoms with van der Waals surface area (Å²) in [6.07, 6.45) is 0.984. The van der Waals surface area contributed by atoms with Crippen molar-refractivity contribution in [3.05, 3.63) is 0 Å². The van der Waals surface area contributed by atoms with Crippen molar-refractivity contribution in [3.8, 4) is 0 Å². The first-order valence-electron chi connectivity index (χ1n) is 7.23. The molecule has 7 heteroatoms. The standard InChI is InChI=1S/C13H24N4O3/c1-10(12(18)19)15-4-6-16(7-5-15)13(20)17-3-2-11(8-14)9-17/h10-11H,2-9,14H2,1H3,(H,18,19). The summed E-state index contributed by atoms with van der Waals surface area (Å²) < 4.78 is 0. The van der Waals surface area contributed by atoms with Crippen molar-refractivity contribution in [2.75, 3.05) is 45.8 Å². The molecule has 2 rings (SSSR count). The maximum atomic E-state index is 12.3. The minimum atomic E-state index is -0.810. The first-order valence-corrected chi connectivity index (χ1v) is 7.23. The number of carbonyl (C=O) groups excluding carboxylic acids is 1. The van der Waals surface area contributed by atoms with Crippen molar-refractivity contribution < 1.29 is 14.7 Å². The average molecular weight is 284 g/mol. The number of likely N-dealkylation sites (tertiary alicyclic amines) is 1. The molecule has 2 aliphatic rings. The van der Waals surface area contributed by atoms with Crippen LogP contribution in [0.2, 0.25) is 0 Å². The zero-order valence-electron chi connectivity index (χ0n) is 12.0. The van der Waals surface area contributed by atoms with E-state index in [0.29, 0.717) is 38.6 Å². The number of aliphatic carboxylic acids is 1. The lowest BCUT2D eigenvalue weighted by molar-refractivity contribution is -0.143. The second-order valence-corrected chi connectivity index (χ2v) is 5.66. The van der Waals surface area contributed by atoms with Crippen LogP contribution in [0.3, 0.4) is 0 Å². The normalized spacial score (nSPS) is 25.8. The number of carboxylic acids is 1. The Morgan fingerprint density at radius 1 is 1.20 bits per heavy atom. The van der Waals surface area contributed by atoms with Crippen LogP contribution in [0.1, 0.15) is 13.3 Å². The van der Waals surface area contributed by atoms with Gasteiger partial charge in [0, 0.05) is 39.3 Å².